The number of para-hydroxylation sites is 2. The molecule has 25 heavy (non-hydrogen) atoms. The first-order valence-electron chi connectivity index (χ1n) is 7.55. The van der Waals surface area contributed by atoms with E-state index in [9.17, 15) is 13.2 Å². The first kappa shape index (κ1) is 16.9. The third-order valence-corrected chi connectivity index (χ3v) is 5.76. The number of sulfonamides is 1. The lowest BCUT2D eigenvalue weighted by Crippen LogP contribution is -2.29. The van der Waals surface area contributed by atoms with Gasteiger partial charge in [-0.2, -0.15) is 0 Å². The molecule has 1 amide bonds. The fourth-order valence-corrected chi connectivity index (χ4v) is 4.06. The van der Waals surface area contributed by atoms with Gasteiger partial charge in [0.2, 0.25) is 0 Å². The highest BCUT2D eigenvalue weighted by molar-refractivity contribution is 7.93. The summed E-state index contributed by atoms with van der Waals surface area (Å²) in [4.78, 5) is 16.0. The van der Waals surface area contributed by atoms with Crippen molar-refractivity contribution in [3.63, 3.8) is 0 Å². The third-order valence-electron chi connectivity index (χ3n) is 3.96. The Bertz CT molecular complexity index is 1080. The molecule has 0 aliphatic carbocycles. The average molecular weight is 355 g/mol. The minimum Gasteiger partial charge on any atom is -0.366 e. The molecule has 0 saturated heterocycles. The molecule has 7 heteroatoms. The second-order valence-corrected chi connectivity index (χ2v) is 7.63. The van der Waals surface area contributed by atoms with Crippen LogP contribution in [0.1, 0.15) is 15.9 Å². The van der Waals surface area contributed by atoms with Gasteiger partial charge in [-0.3, -0.25) is 14.1 Å². The van der Waals surface area contributed by atoms with Crippen molar-refractivity contribution in [2.75, 3.05) is 11.4 Å². The van der Waals surface area contributed by atoms with Crippen LogP contribution in [0.5, 0.6) is 0 Å². The van der Waals surface area contributed by atoms with E-state index in [4.69, 9.17) is 5.73 Å². The Hall–Kier alpha value is -2.93. The summed E-state index contributed by atoms with van der Waals surface area (Å²) in [5.74, 6) is -0.690. The first-order chi connectivity index (χ1) is 11.8. The number of nitrogens with zero attached hydrogens (tertiary/aromatic N) is 2. The highest BCUT2D eigenvalue weighted by atomic mass is 32.2. The molecule has 128 valence electrons. The molecule has 1 aromatic heterocycles. The Morgan fingerprint density at radius 3 is 2.56 bits per heavy atom. The molecule has 0 atom stereocenters. The highest BCUT2D eigenvalue weighted by Gasteiger charge is 2.26. The molecule has 0 fully saturated rings. The van der Waals surface area contributed by atoms with Crippen molar-refractivity contribution in [1.82, 2.24) is 4.98 Å². The van der Waals surface area contributed by atoms with Gasteiger partial charge in [0, 0.05) is 18.6 Å². The standard InChI is InChI=1S/C18H17N3O3S/c1-12-10-13-6-5-9-16(17(13)20-11-12)25(23,24)21(2)15-8-4-3-7-14(15)18(19)22/h3-11H,1-2H3,(H2,19,22). The van der Waals surface area contributed by atoms with E-state index in [1.54, 1.807) is 30.5 Å². The molecule has 0 aliphatic rings. The number of carbonyl (C=O) groups is 1. The number of aryl methyl sites for hydroxylation is 1. The van der Waals surface area contributed by atoms with Crippen molar-refractivity contribution in [2.45, 2.75) is 11.8 Å². The van der Waals surface area contributed by atoms with Gasteiger partial charge >= 0.3 is 0 Å². The molecule has 0 spiro atoms. The number of pyridine rings is 1. The predicted molar refractivity (Wildman–Crippen MR) is 97.0 cm³/mol. The van der Waals surface area contributed by atoms with Crippen LogP contribution in [-0.2, 0) is 10.0 Å². The van der Waals surface area contributed by atoms with Crippen LogP contribution in [0.4, 0.5) is 5.69 Å². The maximum absolute atomic E-state index is 13.1. The second-order valence-electron chi connectivity index (χ2n) is 5.69. The number of amides is 1. The fourth-order valence-electron chi connectivity index (χ4n) is 2.68. The van der Waals surface area contributed by atoms with Crippen LogP contribution in [0.2, 0.25) is 0 Å². The van der Waals surface area contributed by atoms with Crippen molar-refractivity contribution < 1.29 is 13.2 Å². The quantitative estimate of drug-likeness (QED) is 0.778. The summed E-state index contributed by atoms with van der Waals surface area (Å²) in [5, 5.41) is 0.734. The molecule has 0 aliphatic heterocycles. The number of benzene rings is 2. The van der Waals surface area contributed by atoms with Crippen LogP contribution in [0, 0.1) is 6.92 Å². The number of primary amides is 1. The number of hydrogen-bond acceptors (Lipinski definition) is 4. The van der Waals surface area contributed by atoms with E-state index in [1.165, 1.54) is 19.2 Å². The van der Waals surface area contributed by atoms with Crippen molar-refractivity contribution in [1.29, 1.82) is 0 Å². The van der Waals surface area contributed by atoms with Crippen LogP contribution in [0.3, 0.4) is 0 Å². The van der Waals surface area contributed by atoms with E-state index in [2.05, 4.69) is 4.98 Å². The molecule has 2 N–H and O–H groups in total. The zero-order valence-electron chi connectivity index (χ0n) is 13.8. The maximum atomic E-state index is 13.1. The molecule has 0 bridgehead atoms. The van der Waals surface area contributed by atoms with Crippen molar-refractivity contribution in [3.05, 3.63) is 65.9 Å². The second kappa shape index (κ2) is 6.18. The maximum Gasteiger partial charge on any atom is 0.266 e. The third kappa shape index (κ3) is 2.94. The summed E-state index contributed by atoms with van der Waals surface area (Å²) < 4.78 is 27.3. The van der Waals surface area contributed by atoms with E-state index < -0.39 is 15.9 Å². The van der Waals surface area contributed by atoms with Crippen LogP contribution < -0.4 is 10.0 Å². The predicted octanol–water partition coefficient (Wildman–Crippen LogP) is 2.47. The molecule has 1 heterocycles. The van der Waals surface area contributed by atoms with Crippen molar-refractivity contribution >= 4 is 32.5 Å². The van der Waals surface area contributed by atoms with Crippen LogP contribution in [0.15, 0.2) is 59.6 Å². The molecule has 3 rings (SSSR count). The van der Waals surface area contributed by atoms with Gasteiger partial charge in [-0.15, -0.1) is 0 Å². The average Bonchev–Trinajstić information content (AvgIpc) is 2.60. The Morgan fingerprint density at radius 2 is 1.84 bits per heavy atom. The molecular weight excluding hydrogens is 338 g/mol. The van der Waals surface area contributed by atoms with Gasteiger partial charge in [0.05, 0.1) is 16.8 Å². The fraction of sp³-hybridized carbons (Fsp3) is 0.111. The van der Waals surface area contributed by atoms with Gasteiger partial charge in [-0.05, 0) is 36.8 Å². The topological polar surface area (TPSA) is 93.4 Å². The van der Waals surface area contributed by atoms with Gasteiger partial charge < -0.3 is 5.73 Å². The summed E-state index contributed by atoms with van der Waals surface area (Å²) >= 11 is 0. The summed E-state index contributed by atoms with van der Waals surface area (Å²) in [5.41, 5.74) is 7.05. The zero-order chi connectivity index (χ0) is 18.2. The smallest absolute Gasteiger partial charge is 0.266 e. The summed E-state index contributed by atoms with van der Waals surface area (Å²) in [6.45, 7) is 1.89. The van der Waals surface area contributed by atoms with E-state index in [0.29, 0.717) is 5.52 Å². The van der Waals surface area contributed by atoms with Gasteiger partial charge in [0.25, 0.3) is 15.9 Å². The number of anilines is 1. The molecular formula is C18H17N3O3S. The Balaban J connectivity index is 2.19. The van der Waals surface area contributed by atoms with Gasteiger partial charge in [-0.25, -0.2) is 8.42 Å². The monoisotopic (exact) mass is 355 g/mol. The van der Waals surface area contributed by atoms with Crippen molar-refractivity contribution in [3.8, 4) is 0 Å². The van der Waals surface area contributed by atoms with E-state index in [-0.39, 0.29) is 16.1 Å². The Kier molecular flexibility index (Phi) is 4.18. The zero-order valence-corrected chi connectivity index (χ0v) is 14.6. The summed E-state index contributed by atoms with van der Waals surface area (Å²) in [7, 11) is -2.53. The minimum atomic E-state index is -3.92. The molecule has 6 nitrogen and oxygen atoms in total. The van der Waals surface area contributed by atoms with Crippen LogP contribution >= 0.6 is 0 Å². The number of aromatic nitrogens is 1. The SMILES string of the molecule is Cc1cnc2c(S(=O)(=O)N(C)c3ccccc3C(N)=O)cccc2c1. The number of nitrogens with two attached hydrogens (primary N) is 1. The number of rotatable bonds is 4. The van der Waals surface area contributed by atoms with Crippen LogP contribution in [-0.4, -0.2) is 26.4 Å². The number of fused-ring (bicyclic) bond motifs is 1. The molecule has 2 aromatic carbocycles. The Morgan fingerprint density at radius 1 is 1.12 bits per heavy atom. The molecule has 3 aromatic rings. The lowest BCUT2D eigenvalue weighted by atomic mass is 10.2. The lowest BCUT2D eigenvalue weighted by molar-refractivity contribution is 0.100. The largest absolute Gasteiger partial charge is 0.366 e. The number of carbonyl (C=O) groups excluding carboxylic acids is 1. The van der Waals surface area contributed by atoms with E-state index in [0.717, 1.165) is 15.3 Å². The Labute approximate surface area is 146 Å². The minimum absolute atomic E-state index is 0.0757. The first-order valence-corrected chi connectivity index (χ1v) is 8.99. The highest BCUT2D eigenvalue weighted by Crippen LogP contribution is 2.29. The number of hydrogen-bond donors (Lipinski definition) is 1. The van der Waals surface area contributed by atoms with Gasteiger partial charge in [0.15, 0.2) is 0 Å². The molecule has 0 unspecified atom stereocenters. The van der Waals surface area contributed by atoms with E-state index in [1.807, 2.05) is 19.1 Å². The van der Waals surface area contributed by atoms with Crippen LogP contribution in [0.25, 0.3) is 10.9 Å². The molecule has 0 saturated carbocycles. The molecule has 0 radical (unpaired) electrons. The normalized spacial score (nSPS) is 11.4. The van der Waals surface area contributed by atoms with Gasteiger partial charge in [-0.1, -0.05) is 24.3 Å². The summed E-state index contributed by atoms with van der Waals surface area (Å²) in [6.07, 6.45) is 1.62. The lowest BCUT2D eigenvalue weighted by Gasteiger charge is -2.22. The van der Waals surface area contributed by atoms with E-state index >= 15 is 0 Å². The summed E-state index contributed by atoms with van der Waals surface area (Å²) in [6, 6.07) is 13.2. The van der Waals surface area contributed by atoms with Crippen molar-refractivity contribution in [2.24, 2.45) is 5.73 Å². The van der Waals surface area contributed by atoms with Gasteiger partial charge in [0.1, 0.15) is 4.90 Å².